The van der Waals surface area contributed by atoms with Gasteiger partial charge in [0.2, 0.25) is 0 Å². The molecule has 0 radical (unpaired) electrons. The van der Waals surface area contributed by atoms with E-state index in [0.717, 1.165) is 18.8 Å². The van der Waals surface area contributed by atoms with Crippen molar-refractivity contribution in [2.75, 3.05) is 18.0 Å². The molecule has 1 fully saturated rings. The molecule has 0 amide bonds. The first kappa shape index (κ1) is 10.5. The molecule has 2 rings (SSSR count). The van der Waals surface area contributed by atoms with Gasteiger partial charge in [-0.15, -0.1) is 0 Å². The first-order chi connectivity index (χ1) is 7.18. The van der Waals surface area contributed by atoms with E-state index in [1.165, 1.54) is 18.4 Å². The summed E-state index contributed by atoms with van der Waals surface area (Å²) in [6, 6.07) is 5.49. The van der Waals surface area contributed by atoms with E-state index in [1.54, 1.807) is 6.07 Å². The van der Waals surface area contributed by atoms with Gasteiger partial charge in [-0.3, -0.25) is 0 Å². The second kappa shape index (κ2) is 4.21. The fourth-order valence-electron chi connectivity index (χ4n) is 2.09. The summed E-state index contributed by atoms with van der Waals surface area (Å²) in [6.45, 7) is 6.28. The number of hydrogen-bond acceptors (Lipinski definition) is 1. The minimum atomic E-state index is -0.0821. The van der Waals surface area contributed by atoms with Gasteiger partial charge in [0, 0.05) is 13.1 Å². The maximum atomic E-state index is 13.6. The van der Waals surface area contributed by atoms with Crippen molar-refractivity contribution in [3.05, 3.63) is 29.6 Å². The van der Waals surface area contributed by atoms with Crippen molar-refractivity contribution in [1.29, 1.82) is 0 Å². The molecular formula is C13H18FN. The summed E-state index contributed by atoms with van der Waals surface area (Å²) in [5, 5.41) is 0. The van der Waals surface area contributed by atoms with Crippen molar-refractivity contribution in [1.82, 2.24) is 0 Å². The van der Waals surface area contributed by atoms with E-state index < -0.39 is 0 Å². The second-order valence-corrected chi connectivity index (χ2v) is 4.56. The maximum Gasteiger partial charge on any atom is 0.146 e. The van der Waals surface area contributed by atoms with Crippen LogP contribution in [0.3, 0.4) is 0 Å². The first-order valence-electron chi connectivity index (χ1n) is 5.73. The Balaban J connectivity index is 2.31. The Labute approximate surface area is 90.9 Å². The standard InChI is InChI=1S/C13H18FN/c1-10(2)11-5-6-12(14)13(9-11)15-7-3-4-8-15/h5-6,9-10H,3-4,7-8H2,1-2H3. The SMILES string of the molecule is CC(C)c1ccc(F)c(N2CCCC2)c1. The van der Waals surface area contributed by atoms with Gasteiger partial charge in [-0.05, 0) is 36.5 Å². The number of halogens is 1. The molecular weight excluding hydrogens is 189 g/mol. The summed E-state index contributed by atoms with van der Waals surface area (Å²) in [5.74, 6) is 0.383. The third-order valence-electron chi connectivity index (χ3n) is 3.08. The zero-order valence-electron chi connectivity index (χ0n) is 9.46. The highest BCUT2D eigenvalue weighted by atomic mass is 19.1. The van der Waals surface area contributed by atoms with Gasteiger partial charge in [0.05, 0.1) is 5.69 Å². The minimum absolute atomic E-state index is 0.0821. The van der Waals surface area contributed by atoms with E-state index in [0.29, 0.717) is 5.92 Å². The van der Waals surface area contributed by atoms with E-state index in [9.17, 15) is 4.39 Å². The lowest BCUT2D eigenvalue weighted by Crippen LogP contribution is -2.19. The van der Waals surface area contributed by atoms with Gasteiger partial charge in [0.25, 0.3) is 0 Å². The number of hydrogen-bond donors (Lipinski definition) is 0. The van der Waals surface area contributed by atoms with E-state index >= 15 is 0 Å². The molecule has 0 saturated carbocycles. The van der Waals surface area contributed by atoms with Crippen LogP contribution in [-0.2, 0) is 0 Å². The molecule has 1 saturated heterocycles. The zero-order valence-corrected chi connectivity index (χ0v) is 9.46. The quantitative estimate of drug-likeness (QED) is 0.717. The van der Waals surface area contributed by atoms with Gasteiger partial charge in [0.15, 0.2) is 0 Å². The molecule has 0 atom stereocenters. The van der Waals surface area contributed by atoms with E-state index in [-0.39, 0.29) is 5.82 Å². The Bertz CT molecular complexity index is 340. The molecule has 15 heavy (non-hydrogen) atoms. The molecule has 1 nitrogen and oxygen atoms in total. The first-order valence-corrected chi connectivity index (χ1v) is 5.73. The summed E-state index contributed by atoms with van der Waals surface area (Å²) in [7, 11) is 0. The molecule has 1 aliphatic heterocycles. The third-order valence-corrected chi connectivity index (χ3v) is 3.08. The van der Waals surface area contributed by atoms with Gasteiger partial charge >= 0.3 is 0 Å². The van der Waals surface area contributed by atoms with Crippen molar-refractivity contribution in [3.63, 3.8) is 0 Å². The number of anilines is 1. The van der Waals surface area contributed by atoms with Crippen LogP contribution in [0.2, 0.25) is 0 Å². The molecule has 0 N–H and O–H groups in total. The number of benzene rings is 1. The van der Waals surface area contributed by atoms with Crippen LogP contribution in [0, 0.1) is 5.82 Å². The van der Waals surface area contributed by atoms with Crippen LogP contribution in [0.5, 0.6) is 0 Å². The molecule has 1 aromatic rings. The van der Waals surface area contributed by atoms with Gasteiger partial charge < -0.3 is 4.90 Å². The van der Waals surface area contributed by atoms with E-state index in [4.69, 9.17) is 0 Å². The van der Waals surface area contributed by atoms with Gasteiger partial charge in [-0.2, -0.15) is 0 Å². The summed E-state index contributed by atoms with van der Waals surface area (Å²) < 4.78 is 13.6. The van der Waals surface area contributed by atoms with Crippen LogP contribution in [-0.4, -0.2) is 13.1 Å². The fourth-order valence-corrected chi connectivity index (χ4v) is 2.09. The molecule has 0 unspecified atom stereocenters. The highest BCUT2D eigenvalue weighted by molar-refractivity contribution is 5.51. The van der Waals surface area contributed by atoms with E-state index in [1.807, 2.05) is 12.1 Å². The molecule has 1 heterocycles. The number of rotatable bonds is 2. The lowest BCUT2D eigenvalue weighted by Gasteiger charge is -2.20. The average Bonchev–Trinajstić information content (AvgIpc) is 2.71. The molecule has 1 aromatic carbocycles. The molecule has 1 aliphatic rings. The van der Waals surface area contributed by atoms with Crippen molar-refractivity contribution < 1.29 is 4.39 Å². The van der Waals surface area contributed by atoms with Crippen LogP contribution in [0.4, 0.5) is 10.1 Å². The van der Waals surface area contributed by atoms with Crippen LogP contribution in [0.1, 0.15) is 38.2 Å². The smallest absolute Gasteiger partial charge is 0.146 e. The van der Waals surface area contributed by atoms with Crippen molar-refractivity contribution in [2.45, 2.75) is 32.6 Å². The lowest BCUT2D eigenvalue weighted by atomic mass is 10.0. The molecule has 0 bridgehead atoms. The summed E-state index contributed by atoms with van der Waals surface area (Å²) in [4.78, 5) is 2.15. The third kappa shape index (κ3) is 2.14. The monoisotopic (exact) mass is 207 g/mol. The van der Waals surface area contributed by atoms with Crippen LogP contribution >= 0.6 is 0 Å². The number of nitrogens with zero attached hydrogens (tertiary/aromatic N) is 1. The van der Waals surface area contributed by atoms with Gasteiger partial charge in [0.1, 0.15) is 5.82 Å². The molecule has 82 valence electrons. The Morgan fingerprint density at radius 1 is 1.20 bits per heavy atom. The predicted octanol–water partition coefficient (Wildman–Crippen LogP) is 3.55. The van der Waals surface area contributed by atoms with Crippen LogP contribution < -0.4 is 4.90 Å². The normalized spacial score (nSPS) is 16.4. The Morgan fingerprint density at radius 2 is 1.87 bits per heavy atom. The second-order valence-electron chi connectivity index (χ2n) is 4.56. The average molecular weight is 207 g/mol. The largest absolute Gasteiger partial charge is 0.369 e. The van der Waals surface area contributed by atoms with Gasteiger partial charge in [-0.25, -0.2) is 4.39 Å². The highest BCUT2D eigenvalue weighted by Crippen LogP contribution is 2.27. The van der Waals surface area contributed by atoms with Crippen molar-refractivity contribution in [3.8, 4) is 0 Å². The van der Waals surface area contributed by atoms with Crippen molar-refractivity contribution >= 4 is 5.69 Å². The maximum absolute atomic E-state index is 13.6. The van der Waals surface area contributed by atoms with E-state index in [2.05, 4.69) is 18.7 Å². The summed E-state index contributed by atoms with van der Waals surface area (Å²) in [5.41, 5.74) is 2.01. The molecule has 2 heteroatoms. The topological polar surface area (TPSA) is 3.24 Å². The zero-order chi connectivity index (χ0) is 10.8. The fraction of sp³-hybridized carbons (Fsp3) is 0.538. The molecule has 0 aromatic heterocycles. The highest BCUT2D eigenvalue weighted by Gasteiger charge is 2.16. The molecule has 0 spiro atoms. The van der Waals surface area contributed by atoms with Crippen molar-refractivity contribution in [2.24, 2.45) is 0 Å². The van der Waals surface area contributed by atoms with Crippen LogP contribution in [0.25, 0.3) is 0 Å². The Kier molecular flexibility index (Phi) is 2.94. The summed E-state index contributed by atoms with van der Waals surface area (Å²) >= 11 is 0. The Hall–Kier alpha value is -1.05. The molecule has 0 aliphatic carbocycles. The summed E-state index contributed by atoms with van der Waals surface area (Å²) in [6.07, 6.45) is 2.37. The minimum Gasteiger partial charge on any atom is -0.369 e. The lowest BCUT2D eigenvalue weighted by molar-refractivity contribution is 0.621. The van der Waals surface area contributed by atoms with Crippen LogP contribution in [0.15, 0.2) is 18.2 Å². The Morgan fingerprint density at radius 3 is 2.47 bits per heavy atom. The van der Waals surface area contributed by atoms with Gasteiger partial charge in [-0.1, -0.05) is 19.9 Å². The predicted molar refractivity (Wildman–Crippen MR) is 61.9 cm³/mol.